The van der Waals surface area contributed by atoms with E-state index in [0.29, 0.717) is 12.2 Å². The summed E-state index contributed by atoms with van der Waals surface area (Å²) in [4.78, 5) is 11.5. The van der Waals surface area contributed by atoms with Gasteiger partial charge in [0, 0.05) is 10.9 Å². The molecule has 0 fully saturated rings. The van der Waals surface area contributed by atoms with Crippen molar-refractivity contribution >= 4 is 21.9 Å². The summed E-state index contributed by atoms with van der Waals surface area (Å²) in [6.45, 7) is 5.95. The van der Waals surface area contributed by atoms with Gasteiger partial charge in [-0.05, 0) is 43.5 Å². The Hall–Kier alpha value is -0.830. The molecule has 1 aromatic carbocycles. The predicted octanol–water partition coefficient (Wildman–Crippen LogP) is 4.16. The second-order valence-electron chi connectivity index (χ2n) is 3.95. The lowest BCUT2D eigenvalue weighted by atomic mass is 10.1. The largest absolute Gasteiger partial charge is 0.426 e. The summed E-state index contributed by atoms with van der Waals surface area (Å²) < 4.78 is 6.38. The van der Waals surface area contributed by atoms with Crippen molar-refractivity contribution in [3.63, 3.8) is 0 Å². The molecule has 0 unspecified atom stereocenters. The molecule has 0 aliphatic carbocycles. The second kappa shape index (κ2) is 6.04. The molecule has 0 saturated carbocycles. The van der Waals surface area contributed by atoms with Gasteiger partial charge in [-0.15, -0.1) is 0 Å². The first-order chi connectivity index (χ1) is 7.54. The molecule has 2 nitrogen and oxygen atoms in total. The molecule has 0 aliphatic heterocycles. The molecule has 1 aromatic rings. The van der Waals surface area contributed by atoms with Crippen LogP contribution in [0.1, 0.15) is 37.3 Å². The number of hydrogen-bond donors (Lipinski definition) is 0. The lowest BCUT2D eigenvalue weighted by Gasteiger charge is -2.10. The number of hydrogen-bond acceptors (Lipinski definition) is 2. The Morgan fingerprint density at radius 3 is 2.38 bits per heavy atom. The summed E-state index contributed by atoms with van der Waals surface area (Å²) in [5.74, 6) is 0.555. The highest BCUT2D eigenvalue weighted by atomic mass is 79.9. The van der Waals surface area contributed by atoms with Crippen molar-refractivity contribution < 1.29 is 9.53 Å². The van der Waals surface area contributed by atoms with E-state index in [1.54, 1.807) is 0 Å². The van der Waals surface area contributed by atoms with Crippen LogP contribution in [0.2, 0.25) is 0 Å². The molecule has 0 aromatic heterocycles. The molecule has 0 N–H and O–H groups in total. The standard InChI is InChI=1S/C13H17BrO2/c1-4-5-6-12(15)16-13-9(2)7-11(14)8-10(13)3/h7-8H,4-6H2,1-3H3. The lowest BCUT2D eigenvalue weighted by Crippen LogP contribution is -2.09. The molecule has 0 bridgehead atoms. The number of carbonyl (C=O) groups is 1. The molecule has 0 saturated heterocycles. The third-order valence-corrected chi connectivity index (χ3v) is 2.83. The first-order valence-electron chi connectivity index (χ1n) is 5.52. The van der Waals surface area contributed by atoms with Crippen LogP contribution in [0.5, 0.6) is 5.75 Å². The Morgan fingerprint density at radius 2 is 1.88 bits per heavy atom. The van der Waals surface area contributed by atoms with E-state index in [-0.39, 0.29) is 5.97 Å². The van der Waals surface area contributed by atoms with E-state index in [9.17, 15) is 4.79 Å². The topological polar surface area (TPSA) is 26.3 Å². The van der Waals surface area contributed by atoms with Crippen molar-refractivity contribution in [1.82, 2.24) is 0 Å². The summed E-state index contributed by atoms with van der Waals surface area (Å²) in [6.07, 6.45) is 2.38. The van der Waals surface area contributed by atoms with Crippen molar-refractivity contribution in [2.45, 2.75) is 40.0 Å². The quantitative estimate of drug-likeness (QED) is 0.613. The Kier molecular flexibility index (Phi) is 5.00. The summed E-state index contributed by atoms with van der Waals surface area (Å²) in [6, 6.07) is 3.91. The van der Waals surface area contributed by atoms with E-state index in [4.69, 9.17) is 4.74 Å². The van der Waals surface area contributed by atoms with Gasteiger partial charge in [-0.3, -0.25) is 4.79 Å². The molecule has 1 rings (SSSR count). The van der Waals surface area contributed by atoms with Crippen LogP contribution in [0.3, 0.4) is 0 Å². The summed E-state index contributed by atoms with van der Waals surface area (Å²) >= 11 is 3.41. The maximum absolute atomic E-state index is 11.5. The SMILES string of the molecule is CCCCC(=O)Oc1c(C)cc(Br)cc1C. The Morgan fingerprint density at radius 1 is 1.31 bits per heavy atom. The highest BCUT2D eigenvalue weighted by molar-refractivity contribution is 9.10. The van der Waals surface area contributed by atoms with Gasteiger partial charge in [0.1, 0.15) is 5.75 Å². The van der Waals surface area contributed by atoms with E-state index in [1.165, 1.54) is 0 Å². The molecule has 3 heteroatoms. The molecular weight excluding hydrogens is 268 g/mol. The maximum atomic E-state index is 11.5. The van der Waals surface area contributed by atoms with Crippen molar-refractivity contribution in [3.05, 3.63) is 27.7 Å². The third-order valence-electron chi connectivity index (χ3n) is 2.38. The normalized spacial score (nSPS) is 10.2. The van der Waals surface area contributed by atoms with Gasteiger partial charge in [0.2, 0.25) is 0 Å². The zero-order chi connectivity index (χ0) is 12.1. The number of benzene rings is 1. The van der Waals surface area contributed by atoms with Crippen LogP contribution in [0.25, 0.3) is 0 Å². The van der Waals surface area contributed by atoms with E-state index < -0.39 is 0 Å². The number of aryl methyl sites for hydroxylation is 2. The number of carbonyl (C=O) groups excluding carboxylic acids is 1. The van der Waals surface area contributed by atoms with E-state index in [1.807, 2.05) is 26.0 Å². The van der Waals surface area contributed by atoms with Crippen LogP contribution >= 0.6 is 15.9 Å². The van der Waals surface area contributed by atoms with Gasteiger partial charge in [0.15, 0.2) is 0 Å². The second-order valence-corrected chi connectivity index (χ2v) is 4.86. The summed E-state index contributed by atoms with van der Waals surface area (Å²) in [5, 5.41) is 0. The van der Waals surface area contributed by atoms with Crippen LogP contribution in [-0.4, -0.2) is 5.97 Å². The molecule has 88 valence electrons. The van der Waals surface area contributed by atoms with Gasteiger partial charge in [-0.1, -0.05) is 29.3 Å². The smallest absolute Gasteiger partial charge is 0.311 e. The number of unbranched alkanes of at least 4 members (excludes halogenated alkanes) is 1. The molecule has 0 amide bonds. The van der Waals surface area contributed by atoms with Crippen LogP contribution in [0.4, 0.5) is 0 Å². The molecule has 0 aliphatic rings. The zero-order valence-electron chi connectivity index (χ0n) is 9.97. The van der Waals surface area contributed by atoms with Gasteiger partial charge in [0.05, 0.1) is 0 Å². The molecule has 0 spiro atoms. The minimum absolute atomic E-state index is 0.143. The predicted molar refractivity (Wildman–Crippen MR) is 68.8 cm³/mol. The van der Waals surface area contributed by atoms with Gasteiger partial charge < -0.3 is 4.74 Å². The fourth-order valence-corrected chi connectivity index (χ4v) is 2.23. The third kappa shape index (κ3) is 3.63. The van der Waals surface area contributed by atoms with E-state index in [2.05, 4.69) is 22.9 Å². The van der Waals surface area contributed by atoms with Gasteiger partial charge in [-0.25, -0.2) is 0 Å². The van der Waals surface area contributed by atoms with Gasteiger partial charge in [0.25, 0.3) is 0 Å². The van der Waals surface area contributed by atoms with Crippen molar-refractivity contribution in [2.75, 3.05) is 0 Å². The molecular formula is C13H17BrO2. The van der Waals surface area contributed by atoms with Crippen LogP contribution in [0.15, 0.2) is 16.6 Å². The summed E-state index contributed by atoms with van der Waals surface area (Å²) in [7, 11) is 0. The number of rotatable bonds is 4. The molecule has 0 radical (unpaired) electrons. The molecule has 16 heavy (non-hydrogen) atoms. The Bertz CT molecular complexity index is 363. The van der Waals surface area contributed by atoms with Gasteiger partial charge >= 0.3 is 5.97 Å². The average Bonchev–Trinajstić information content (AvgIpc) is 2.20. The van der Waals surface area contributed by atoms with Crippen molar-refractivity contribution in [1.29, 1.82) is 0 Å². The highest BCUT2D eigenvalue weighted by Crippen LogP contribution is 2.27. The number of halogens is 1. The number of esters is 1. The Balaban J connectivity index is 2.77. The minimum Gasteiger partial charge on any atom is -0.426 e. The molecule has 0 heterocycles. The van der Waals surface area contributed by atoms with Crippen LogP contribution in [-0.2, 0) is 4.79 Å². The Labute approximate surface area is 105 Å². The monoisotopic (exact) mass is 284 g/mol. The maximum Gasteiger partial charge on any atom is 0.311 e. The van der Waals surface area contributed by atoms with E-state index in [0.717, 1.165) is 28.4 Å². The number of ether oxygens (including phenoxy) is 1. The first kappa shape index (κ1) is 13.2. The van der Waals surface area contributed by atoms with Gasteiger partial charge in [-0.2, -0.15) is 0 Å². The zero-order valence-corrected chi connectivity index (χ0v) is 11.6. The highest BCUT2D eigenvalue weighted by Gasteiger charge is 2.10. The fraction of sp³-hybridized carbons (Fsp3) is 0.462. The minimum atomic E-state index is -0.143. The fourth-order valence-electron chi connectivity index (χ4n) is 1.54. The average molecular weight is 285 g/mol. The lowest BCUT2D eigenvalue weighted by molar-refractivity contribution is -0.134. The van der Waals surface area contributed by atoms with Crippen molar-refractivity contribution in [2.24, 2.45) is 0 Å². The van der Waals surface area contributed by atoms with Crippen molar-refractivity contribution in [3.8, 4) is 5.75 Å². The summed E-state index contributed by atoms with van der Waals surface area (Å²) in [5.41, 5.74) is 1.97. The van der Waals surface area contributed by atoms with Crippen LogP contribution in [0, 0.1) is 13.8 Å². The van der Waals surface area contributed by atoms with E-state index >= 15 is 0 Å². The van der Waals surface area contributed by atoms with Crippen LogP contribution < -0.4 is 4.74 Å². The molecule has 0 atom stereocenters. The first-order valence-corrected chi connectivity index (χ1v) is 6.31.